The van der Waals surface area contributed by atoms with Crippen LogP contribution in [-0.2, 0) is 26.1 Å². The number of nitrogens with one attached hydrogen (secondary N) is 1. The lowest BCUT2D eigenvalue weighted by Gasteiger charge is -2.21. The molecule has 0 saturated heterocycles. The van der Waals surface area contributed by atoms with Crippen molar-refractivity contribution in [2.75, 3.05) is 18.4 Å². The third-order valence-electron chi connectivity index (χ3n) is 4.75. The molecule has 0 aliphatic carbocycles. The second-order valence-electron chi connectivity index (χ2n) is 7.52. The fraction of sp³-hybridized carbons (Fsp3) is 0.579. The second kappa shape index (κ2) is 7.64. The minimum atomic E-state index is 0.522. The van der Waals surface area contributed by atoms with Crippen molar-refractivity contribution in [3.8, 4) is 0 Å². The molecule has 0 amide bonds. The zero-order chi connectivity index (χ0) is 18.8. The monoisotopic (exact) mass is 369 g/mol. The molecular weight excluding hydrogens is 342 g/mol. The molecule has 0 aromatic carbocycles. The molecular formula is C19H27N7O. The van der Waals surface area contributed by atoms with Gasteiger partial charge in [0.15, 0.2) is 17.2 Å². The van der Waals surface area contributed by atoms with Crippen molar-refractivity contribution in [3.63, 3.8) is 0 Å². The van der Waals surface area contributed by atoms with Crippen LogP contribution in [0.1, 0.15) is 44.5 Å². The number of fused-ring (bicyclic) bond motifs is 2. The van der Waals surface area contributed by atoms with E-state index in [0.29, 0.717) is 35.4 Å². The Morgan fingerprint density at radius 2 is 2.15 bits per heavy atom. The van der Waals surface area contributed by atoms with Crippen LogP contribution in [0.3, 0.4) is 0 Å². The van der Waals surface area contributed by atoms with E-state index in [2.05, 4.69) is 49.8 Å². The highest BCUT2D eigenvalue weighted by atomic mass is 16.4. The summed E-state index contributed by atoms with van der Waals surface area (Å²) in [5, 5.41) is 8.13. The van der Waals surface area contributed by atoms with Gasteiger partial charge in [-0.25, -0.2) is 9.97 Å². The Balaban J connectivity index is 1.48. The molecule has 4 rings (SSSR count). The first kappa shape index (κ1) is 17.9. The lowest BCUT2D eigenvalue weighted by molar-refractivity contribution is 0.239. The SMILES string of the molecule is CCc1nc2c(NCc3cc4n(n3)CCCN(CC(C)C)C4)ncnc2o1. The third-order valence-corrected chi connectivity index (χ3v) is 4.75. The second-order valence-corrected chi connectivity index (χ2v) is 7.52. The maximum atomic E-state index is 5.61. The molecule has 0 unspecified atom stereocenters. The van der Waals surface area contributed by atoms with Crippen molar-refractivity contribution in [2.45, 2.75) is 53.2 Å². The van der Waals surface area contributed by atoms with Crippen LogP contribution in [0.4, 0.5) is 5.82 Å². The number of aromatic nitrogens is 5. The first-order valence-electron chi connectivity index (χ1n) is 9.74. The number of rotatable bonds is 6. The summed E-state index contributed by atoms with van der Waals surface area (Å²) in [6.45, 7) is 11.4. The molecule has 1 N–H and O–H groups in total. The Labute approximate surface area is 159 Å². The van der Waals surface area contributed by atoms with E-state index < -0.39 is 0 Å². The summed E-state index contributed by atoms with van der Waals surface area (Å²) >= 11 is 0. The van der Waals surface area contributed by atoms with Crippen molar-refractivity contribution < 1.29 is 4.42 Å². The van der Waals surface area contributed by atoms with Crippen LogP contribution < -0.4 is 5.32 Å². The van der Waals surface area contributed by atoms with E-state index in [4.69, 9.17) is 9.52 Å². The molecule has 0 saturated carbocycles. The number of hydrogen-bond donors (Lipinski definition) is 1. The van der Waals surface area contributed by atoms with Gasteiger partial charge in [-0.15, -0.1) is 0 Å². The van der Waals surface area contributed by atoms with Gasteiger partial charge in [0.25, 0.3) is 5.71 Å². The largest absolute Gasteiger partial charge is 0.422 e. The molecule has 144 valence electrons. The molecule has 8 nitrogen and oxygen atoms in total. The fourth-order valence-electron chi connectivity index (χ4n) is 3.60. The van der Waals surface area contributed by atoms with E-state index in [9.17, 15) is 0 Å². The quantitative estimate of drug-likeness (QED) is 0.715. The molecule has 0 bridgehead atoms. The normalized spacial score (nSPS) is 15.3. The molecule has 1 aliphatic heterocycles. The number of hydrogen-bond acceptors (Lipinski definition) is 7. The van der Waals surface area contributed by atoms with Crippen molar-refractivity contribution in [1.82, 2.24) is 29.6 Å². The summed E-state index contributed by atoms with van der Waals surface area (Å²) in [7, 11) is 0. The molecule has 3 aromatic heterocycles. The Hall–Kier alpha value is -2.48. The maximum Gasteiger partial charge on any atom is 0.252 e. The van der Waals surface area contributed by atoms with Crippen molar-refractivity contribution in [2.24, 2.45) is 5.92 Å². The van der Waals surface area contributed by atoms with Crippen LogP contribution in [0.15, 0.2) is 16.8 Å². The van der Waals surface area contributed by atoms with Gasteiger partial charge in [-0.3, -0.25) is 9.58 Å². The predicted molar refractivity (Wildman–Crippen MR) is 103 cm³/mol. The predicted octanol–water partition coefficient (Wildman–Crippen LogP) is 2.85. The van der Waals surface area contributed by atoms with Gasteiger partial charge in [0.1, 0.15) is 6.33 Å². The zero-order valence-corrected chi connectivity index (χ0v) is 16.3. The Bertz CT molecular complexity index is 914. The van der Waals surface area contributed by atoms with Gasteiger partial charge in [0.05, 0.1) is 17.9 Å². The number of oxazole rings is 1. The van der Waals surface area contributed by atoms with Crippen LogP contribution >= 0.6 is 0 Å². The van der Waals surface area contributed by atoms with Crippen LogP contribution in [0.25, 0.3) is 11.2 Å². The van der Waals surface area contributed by atoms with Gasteiger partial charge in [-0.2, -0.15) is 10.1 Å². The van der Waals surface area contributed by atoms with Crippen LogP contribution in [0.5, 0.6) is 0 Å². The molecule has 27 heavy (non-hydrogen) atoms. The molecule has 0 atom stereocenters. The van der Waals surface area contributed by atoms with Crippen molar-refractivity contribution >= 4 is 17.0 Å². The van der Waals surface area contributed by atoms with Crippen LogP contribution in [0.2, 0.25) is 0 Å². The summed E-state index contributed by atoms with van der Waals surface area (Å²) in [5.74, 6) is 2.04. The van der Waals surface area contributed by atoms with Crippen LogP contribution in [0, 0.1) is 5.92 Å². The minimum Gasteiger partial charge on any atom is -0.422 e. The van der Waals surface area contributed by atoms with Crippen molar-refractivity contribution in [1.29, 1.82) is 0 Å². The highest BCUT2D eigenvalue weighted by Gasteiger charge is 2.18. The van der Waals surface area contributed by atoms with E-state index in [-0.39, 0.29) is 0 Å². The van der Waals surface area contributed by atoms with Crippen molar-refractivity contribution in [3.05, 3.63) is 29.7 Å². The van der Waals surface area contributed by atoms with E-state index in [1.807, 2.05) is 6.92 Å². The molecule has 0 radical (unpaired) electrons. The fourth-order valence-corrected chi connectivity index (χ4v) is 3.60. The van der Waals surface area contributed by atoms with Gasteiger partial charge in [-0.1, -0.05) is 20.8 Å². The maximum absolute atomic E-state index is 5.61. The Kier molecular flexibility index (Phi) is 5.07. The van der Waals surface area contributed by atoms with E-state index in [1.54, 1.807) is 0 Å². The standard InChI is InChI=1S/C19H27N7O/c1-4-16-23-17-18(21-12-22-19(17)27-16)20-9-14-8-15-11-25(10-13(2)3)6-5-7-26(15)24-14/h8,12-13H,4-7,9-11H2,1-3H3,(H,20,21,22). The van der Waals surface area contributed by atoms with Gasteiger partial charge in [-0.05, 0) is 18.4 Å². The van der Waals surface area contributed by atoms with Crippen LogP contribution in [-0.4, -0.2) is 42.7 Å². The molecule has 4 heterocycles. The summed E-state index contributed by atoms with van der Waals surface area (Å²) in [5.41, 5.74) is 3.50. The first-order chi connectivity index (χ1) is 13.1. The zero-order valence-electron chi connectivity index (χ0n) is 16.3. The summed E-state index contributed by atoms with van der Waals surface area (Å²) in [4.78, 5) is 15.5. The minimum absolute atomic E-state index is 0.522. The average molecular weight is 369 g/mol. The Morgan fingerprint density at radius 1 is 1.26 bits per heavy atom. The number of aryl methyl sites for hydroxylation is 2. The van der Waals surface area contributed by atoms with Gasteiger partial charge >= 0.3 is 0 Å². The molecule has 0 spiro atoms. The van der Waals surface area contributed by atoms with Gasteiger partial charge in [0, 0.05) is 32.6 Å². The molecule has 0 fully saturated rings. The summed E-state index contributed by atoms with van der Waals surface area (Å²) < 4.78 is 7.76. The molecule has 8 heteroatoms. The average Bonchev–Trinajstić information content (AvgIpc) is 3.19. The summed E-state index contributed by atoms with van der Waals surface area (Å²) in [6.07, 6.45) is 3.37. The highest BCUT2D eigenvalue weighted by molar-refractivity contribution is 5.80. The smallest absolute Gasteiger partial charge is 0.252 e. The lowest BCUT2D eigenvalue weighted by atomic mass is 10.2. The Morgan fingerprint density at radius 3 is 2.96 bits per heavy atom. The van der Waals surface area contributed by atoms with Gasteiger partial charge < -0.3 is 9.73 Å². The summed E-state index contributed by atoms with van der Waals surface area (Å²) in [6, 6.07) is 2.20. The lowest BCUT2D eigenvalue weighted by Crippen LogP contribution is -2.27. The van der Waals surface area contributed by atoms with Gasteiger partial charge in [0.2, 0.25) is 0 Å². The number of nitrogens with zero attached hydrogens (tertiary/aromatic N) is 6. The third kappa shape index (κ3) is 3.95. The van der Waals surface area contributed by atoms with E-state index >= 15 is 0 Å². The van der Waals surface area contributed by atoms with E-state index in [1.165, 1.54) is 12.0 Å². The van der Waals surface area contributed by atoms with E-state index in [0.717, 1.165) is 44.7 Å². The highest BCUT2D eigenvalue weighted by Crippen LogP contribution is 2.21. The molecule has 3 aromatic rings. The number of anilines is 1. The first-order valence-corrected chi connectivity index (χ1v) is 9.74. The topological polar surface area (TPSA) is 84.9 Å². The molecule has 1 aliphatic rings.